The molecule has 24 heavy (non-hydrogen) atoms. The van der Waals surface area contributed by atoms with Crippen molar-refractivity contribution in [1.82, 2.24) is 4.90 Å². The Morgan fingerprint density at radius 3 is 2.50 bits per heavy atom. The summed E-state index contributed by atoms with van der Waals surface area (Å²) in [6.07, 6.45) is 0. The first kappa shape index (κ1) is 17.5. The van der Waals surface area contributed by atoms with Gasteiger partial charge in [-0.1, -0.05) is 29.3 Å². The van der Waals surface area contributed by atoms with E-state index in [9.17, 15) is 4.79 Å². The topological polar surface area (TPSA) is 34.0 Å². The van der Waals surface area contributed by atoms with Crippen molar-refractivity contribution in [3.8, 4) is 5.75 Å². The number of thiophene rings is 1. The molecule has 0 unspecified atom stereocenters. The van der Waals surface area contributed by atoms with Gasteiger partial charge in [0.05, 0.1) is 48.2 Å². The first-order chi connectivity index (χ1) is 11.6. The van der Waals surface area contributed by atoms with Crippen molar-refractivity contribution in [2.45, 2.75) is 6.54 Å². The van der Waals surface area contributed by atoms with Crippen molar-refractivity contribution in [3.05, 3.63) is 50.1 Å². The van der Waals surface area contributed by atoms with Crippen LogP contribution in [0, 0.1) is 0 Å². The van der Waals surface area contributed by atoms with Gasteiger partial charge in [0, 0.05) is 5.56 Å². The van der Waals surface area contributed by atoms with E-state index in [1.54, 1.807) is 23.5 Å². The van der Waals surface area contributed by atoms with Crippen LogP contribution < -0.4 is 9.64 Å². The average molecular weight is 386 g/mol. The van der Waals surface area contributed by atoms with Crippen LogP contribution >= 0.6 is 34.5 Å². The molecule has 3 rings (SSSR count). The molecule has 0 saturated carbocycles. The molecule has 1 aromatic heterocycles. The molecule has 0 atom stereocenters. The second-order valence-corrected chi connectivity index (χ2v) is 7.62. The number of halogens is 2. The van der Waals surface area contributed by atoms with Gasteiger partial charge in [-0.25, -0.2) is 0 Å². The lowest BCUT2D eigenvalue weighted by Gasteiger charge is -2.32. The van der Waals surface area contributed by atoms with Crippen molar-refractivity contribution in [1.29, 1.82) is 0 Å². The van der Waals surface area contributed by atoms with Gasteiger partial charge in [0.2, 0.25) is 0 Å². The third-order valence-corrected chi connectivity index (χ3v) is 5.65. The number of hydrogen-bond acceptors (Lipinski definition) is 3. The molecular formula is C17H19Cl2N2O2S+. The fourth-order valence-corrected chi connectivity index (χ4v) is 4.34. The lowest BCUT2D eigenvalue weighted by Crippen LogP contribution is -3.13. The predicted octanol–water partition coefficient (Wildman–Crippen LogP) is 2.60. The van der Waals surface area contributed by atoms with E-state index < -0.39 is 0 Å². The van der Waals surface area contributed by atoms with Crippen LogP contribution in [0.4, 0.5) is 0 Å². The molecule has 1 fully saturated rings. The Hall–Kier alpha value is -1.27. The summed E-state index contributed by atoms with van der Waals surface area (Å²) >= 11 is 14.1. The fourth-order valence-electron chi connectivity index (χ4n) is 2.92. The van der Waals surface area contributed by atoms with Crippen LogP contribution in [0.15, 0.2) is 29.6 Å². The fraction of sp³-hybridized carbons (Fsp3) is 0.353. The molecule has 1 aliphatic heterocycles. The number of methoxy groups -OCH3 is 1. The van der Waals surface area contributed by atoms with E-state index in [2.05, 4.69) is 17.5 Å². The number of ether oxygens (including phenoxy) is 1. The molecule has 128 valence electrons. The summed E-state index contributed by atoms with van der Waals surface area (Å²) in [6.45, 7) is 4.39. The summed E-state index contributed by atoms with van der Waals surface area (Å²) in [4.78, 5) is 17.4. The maximum atomic E-state index is 12.7. The number of nitrogens with zero attached hydrogens (tertiary/aromatic N) is 1. The van der Waals surface area contributed by atoms with Crippen molar-refractivity contribution < 1.29 is 14.4 Å². The third kappa shape index (κ3) is 3.86. The van der Waals surface area contributed by atoms with E-state index in [0.29, 0.717) is 21.4 Å². The smallest absolute Gasteiger partial charge is 0.254 e. The van der Waals surface area contributed by atoms with Crippen molar-refractivity contribution in [2.75, 3.05) is 33.3 Å². The summed E-state index contributed by atoms with van der Waals surface area (Å²) in [5.74, 6) is 0.372. The Labute approximate surface area is 155 Å². The minimum atomic E-state index is -0.0309. The molecule has 1 aliphatic rings. The Balaban J connectivity index is 1.63. The van der Waals surface area contributed by atoms with Gasteiger partial charge in [-0.2, -0.15) is 0 Å². The summed E-state index contributed by atoms with van der Waals surface area (Å²) in [5, 5.41) is 2.82. The molecule has 0 bridgehead atoms. The molecule has 7 heteroatoms. The lowest BCUT2D eigenvalue weighted by molar-refractivity contribution is -0.917. The zero-order valence-electron chi connectivity index (χ0n) is 13.4. The van der Waals surface area contributed by atoms with Crippen LogP contribution in [0.25, 0.3) is 0 Å². The zero-order valence-corrected chi connectivity index (χ0v) is 15.7. The van der Waals surface area contributed by atoms with Gasteiger partial charge in [-0.05, 0) is 23.6 Å². The molecule has 1 amide bonds. The van der Waals surface area contributed by atoms with Crippen molar-refractivity contribution in [3.63, 3.8) is 0 Å². The maximum Gasteiger partial charge on any atom is 0.254 e. The number of amides is 1. The Kier molecular flexibility index (Phi) is 5.66. The standard InChI is InChI=1S/C17H18Cl2N2O2S/c1-23-16-14(18)9-12(10-15(16)19)17(22)21-6-4-20(5-7-21)11-13-3-2-8-24-13/h2-3,8-10H,4-7,11H2,1H3/p+1. The number of hydrogen-bond donors (Lipinski definition) is 1. The monoisotopic (exact) mass is 385 g/mol. The molecule has 0 spiro atoms. The van der Waals surface area contributed by atoms with Gasteiger partial charge in [0.25, 0.3) is 5.91 Å². The first-order valence-electron chi connectivity index (χ1n) is 7.76. The first-order valence-corrected chi connectivity index (χ1v) is 9.40. The molecule has 2 aromatic rings. The molecular weight excluding hydrogens is 367 g/mol. The second-order valence-electron chi connectivity index (χ2n) is 5.77. The Bertz CT molecular complexity index is 690. The van der Waals surface area contributed by atoms with Crippen molar-refractivity contribution >= 4 is 40.4 Å². The van der Waals surface area contributed by atoms with Gasteiger partial charge >= 0.3 is 0 Å². The highest BCUT2D eigenvalue weighted by Gasteiger charge is 2.25. The quantitative estimate of drug-likeness (QED) is 0.877. The number of benzene rings is 1. The average Bonchev–Trinajstić information content (AvgIpc) is 3.07. The van der Waals surface area contributed by atoms with Gasteiger partial charge in [-0.15, -0.1) is 11.3 Å². The third-order valence-electron chi connectivity index (χ3n) is 4.21. The van der Waals surface area contributed by atoms with Crippen LogP contribution in [0.1, 0.15) is 15.2 Å². The van der Waals surface area contributed by atoms with Gasteiger partial charge < -0.3 is 14.5 Å². The molecule has 0 aliphatic carbocycles. The lowest BCUT2D eigenvalue weighted by atomic mass is 10.1. The highest BCUT2D eigenvalue weighted by Crippen LogP contribution is 2.34. The van der Waals surface area contributed by atoms with E-state index in [0.717, 1.165) is 32.7 Å². The van der Waals surface area contributed by atoms with Crippen molar-refractivity contribution in [2.24, 2.45) is 0 Å². The number of quaternary nitrogens is 1. The van der Waals surface area contributed by atoms with Crippen LogP contribution in [-0.4, -0.2) is 44.1 Å². The highest BCUT2D eigenvalue weighted by molar-refractivity contribution is 7.09. The number of carbonyl (C=O) groups excluding carboxylic acids is 1. The van der Waals surface area contributed by atoms with E-state index in [-0.39, 0.29) is 5.91 Å². The van der Waals surface area contributed by atoms with E-state index in [1.807, 2.05) is 4.90 Å². The molecule has 1 saturated heterocycles. The number of piperazine rings is 1. The van der Waals surface area contributed by atoms with Gasteiger partial charge in [0.1, 0.15) is 6.54 Å². The van der Waals surface area contributed by atoms with Crippen LogP contribution in [0.2, 0.25) is 10.0 Å². The summed E-state index contributed by atoms with van der Waals surface area (Å²) in [5.41, 5.74) is 0.507. The molecule has 1 N–H and O–H groups in total. The van der Waals surface area contributed by atoms with E-state index in [4.69, 9.17) is 27.9 Å². The molecule has 0 radical (unpaired) electrons. The summed E-state index contributed by atoms with van der Waals surface area (Å²) < 4.78 is 5.13. The van der Waals surface area contributed by atoms with Crippen LogP contribution in [0.5, 0.6) is 5.75 Å². The largest absolute Gasteiger partial charge is 0.494 e. The maximum absolute atomic E-state index is 12.7. The van der Waals surface area contributed by atoms with Crippen LogP contribution in [0.3, 0.4) is 0 Å². The number of nitrogens with one attached hydrogen (secondary N) is 1. The van der Waals surface area contributed by atoms with Gasteiger partial charge in [-0.3, -0.25) is 4.79 Å². The highest BCUT2D eigenvalue weighted by atomic mass is 35.5. The minimum Gasteiger partial charge on any atom is -0.494 e. The molecule has 4 nitrogen and oxygen atoms in total. The minimum absolute atomic E-state index is 0.0309. The molecule has 1 aromatic carbocycles. The van der Waals surface area contributed by atoms with E-state index in [1.165, 1.54) is 16.9 Å². The predicted molar refractivity (Wildman–Crippen MR) is 97.6 cm³/mol. The Morgan fingerprint density at radius 1 is 1.29 bits per heavy atom. The molecule has 2 heterocycles. The normalized spacial score (nSPS) is 15.5. The number of carbonyl (C=O) groups is 1. The SMILES string of the molecule is COc1c(Cl)cc(C(=O)N2CC[NH+](Cc3cccs3)CC2)cc1Cl. The zero-order chi connectivity index (χ0) is 17.1. The van der Waals surface area contributed by atoms with E-state index >= 15 is 0 Å². The van der Waals surface area contributed by atoms with Gasteiger partial charge in [0.15, 0.2) is 5.75 Å². The second kappa shape index (κ2) is 7.74. The van der Waals surface area contributed by atoms with Crippen LogP contribution in [-0.2, 0) is 6.54 Å². The Morgan fingerprint density at radius 2 is 1.96 bits per heavy atom. The number of rotatable bonds is 4. The summed E-state index contributed by atoms with van der Waals surface area (Å²) in [6, 6.07) is 7.49. The summed E-state index contributed by atoms with van der Waals surface area (Å²) in [7, 11) is 1.50.